The van der Waals surface area contributed by atoms with Gasteiger partial charge in [0.15, 0.2) is 0 Å². The summed E-state index contributed by atoms with van der Waals surface area (Å²) in [4.78, 5) is 0. The van der Waals surface area contributed by atoms with Gasteiger partial charge in [-0.15, -0.1) is 0 Å². The highest BCUT2D eigenvalue weighted by Gasteiger charge is 2.17. The Hall–Kier alpha value is -1.85. The summed E-state index contributed by atoms with van der Waals surface area (Å²) in [5.41, 5.74) is 11.3. The van der Waals surface area contributed by atoms with E-state index in [0.717, 1.165) is 11.3 Å². The number of benzene rings is 1. The highest BCUT2D eigenvalue weighted by Crippen LogP contribution is 2.25. The molecule has 1 atom stereocenters. The van der Waals surface area contributed by atoms with Gasteiger partial charge in [-0.3, -0.25) is 10.5 Å². The maximum atomic E-state index is 5.93. The molecule has 1 aromatic carbocycles. The molecule has 2 rings (SSSR count). The Morgan fingerprint density at radius 3 is 2.62 bits per heavy atom. The average Bonchev–Trinajstić information content (AvgIpc) is 2.69. The minimum Gasteiger partial charge on any atom is -0.398 e. The standard InChI is InChI=1S/C11H15N5/c1-16-10(6-7-14-16)11(15-13)8-4-2-3-5-9(8)12/h2-7,11,15H,12-13H2,1H3. The van der Waals surface area contributed by atoms with Crippen LogP contribution in [0.2, 0.25) is 0 Å². The Balaban J connectivity index is 2.45. The fourth-order valence-corrected chi connectivity index (χ4v) is 1.78. The van der Waals surface area contributed by atoms with Crippen LogP contribution in [0, 0.1) is 0 Å². The van der Waals surface area contributed by atoms with Crippen molar-refractivity contribution < 1.29 is 0 Å². The quantitative estimate of drug-likeness (QED) is 0.398. The number of hydrogen-bond donors (Lipinski definition) is 3. The summed E-state index contributed by atoms with van der Waals surface area (Å²) in [5, 5.41) is 4.12. The van der Waals surface area contributed by atoms with Crippen molar-refractivity contribution in [2.75, 3.05) is 5.73 Å². The van der Waals surface area contributed by atoms with Crippen LogP contribution in [0.1, 0.15) is 17.3 Å². The van der Waals surface area contributed by atoms with Gasteiger partial charge < -0.3 is 5.73 Å². The molecule has 5 heteroatoms. The number of nitrogen functional groups attached to an aromatic ring is 1. The molecule has 16 heavy (non-hydrogen) atoms. The van der Waals surface area contributed by atoms with Gasteiger partial charge in [-0.1, -0.05) is 18.2 Å². The molecule has 0 saturated heterocycles. The van der Waals surface area contributed by atoms with Crippen LogP contribution in [0.5, 0.6) is 0 Å². The van der Waals surface area contributed by atoms with E-state index in [4.69, 9.17) is 11.6 Å². The predicted octanol–water partition coefficient (Wildman–Crippen LogP) is 0.555. The van der Waals surface area contributed by atoms with Crippen LogP contribution in [-0.4, -0.2) is 9.78 Å². The minimum absolute atomic E-state index is 0.145. The number of rotatable bonds is 3. The maximum absolute atomic E-state index is 5.93. The highest BCUT2D eigenvalue weighted by molar-refractivity contribution is 5.50. The molecular formula is C11H15N5. The number of aryl methyl sites for hydroxylation is 1. The van der Waals surface area contributed by atoms with Crippen LogP contribution in [0.15, 0.2) is 36.5 Å². The molecule has 0 spiro atoms. The summed E-state index contributed by atoms with van der Waals surface area (Å²) in [5.74, 6) is 5.59. The lowest BCUT2D eigenvalue weighted by Gasteiger charge is -2.18. The predicted molar refractivity (Wildman–Crippen MR) is 63.2 cm³/mol. The molecule has 0 amide bonds. The molecule has 0 saturated carbocycles. The lowest BCUT2D eigenvalue weighted by atomic mass is 10.0. The van der Waals surface area contributed by atoms with E-state index in [0.29, 0.717) is 5.69 Å². The Bertz CT molecular complexity index is 477. The van der Waals surface area contributed by atoms with Gasteiger partial charge in [0, 0.05) is 18.9 Å². The van der Waals surface area contributed by atoms with Crippen molar-refractivity contribution in [2.24, 2.45) is 12.9 Å². The van der Waals surface area contributed by atoms with Gasteiger partial charge in [0.05, 0.1) is 11.7 Å². The van der Waals surface area contributed by atoms with Gasteiger partial charge in [0.2, 0.25) is 0 Å². The van der Waals surface area contributed by atoms with Gasteiger partial charge in [-0.05, 0) is 17.7 Å². The normalized spacial score (nSPS) is 12.6. The van der Waals surface area contributed by atoms with Gasteiger partial charge >= 0.3 is 0 Å². The molecule has 5 N–H and O–H groups in total. The third-order valence-electron chi connectivity index (χ3n) is 2.63. The number of hydrazine groups is 1. The minimum atomic E-state index is -0.145. The van der Waals surface area contributed by atoms with E-state index in [2.05, 4.69) is 10.5 Å². The SMILES string of the molecule is Cn1nccc1C(NN)c1ccccc1N. The highest BCUT2D eigenvalue weighted by atomic mass is 15.3. The molecule has 5 nitrogen and oxygen atoms in total. The van der Waals surface area contributed by atoms with Crippen molar-refractivity contribution in [3.63, 3.8) is 0 Å². The van der Waals surface area contributed by atoms with E-state index in [-0.39, 0.29) is 6.04 Å². The molecule has 1 aromatic heterocycles. The van der Waals surface area contributed by atoms with Crippen LogP contribution in [0.3, 0.4) is 0 Å². The second kappa shape index (κ2) is 4.34. The van der Waals surface area contributed by atoms with E-state index < -0.39 is 0 Å². The molecule has 84 valence electrons. The lowest BCUT2D eigenvalue weighted by Crippen LogP contribution is -2.30. The summed E-state index contributed by atoms with van der Waals surface area (Å²) in [6.07, 6.45) is 1.73. The van der Waals surface area contributed by atoms with Gasteiger partial charge in [-0.25, -0.2) is 5.43 Å². The summed E-state index contributed by atoms with van der Waals surface area (Å²) in [7, 11) is 1.87. The molecule has 2 aromatic rings. The van der Waals surface area contributed by atoms with Gasteiger partial charge in [0.1, 0.15) is 0 Å². The molecule has 0 aliphatic carbocycles. The molecule has 0 fully saturated rings. The van der Waals surface area contributed by atoms with Crippen LogP contribution in [0.25, 0.3) is 0 Å². The van der Waals surface area contributed by atoms with Crippen molar-refractivity contribution in [2.45, 2.75) is 6.04 Å². The van der Waals surface area contributed by atoms with E-state index >= 15 is 0 Å². The van der Waals surface area contributed by atoms with Crippen LogP contribution in [-0.2, 0) is 7.05 Å². The van der Waals surface area contributed by atoms with Crippen molar-refractivity contribution in [3.8, 4) is 0 Å². The van der Waals surface area contributed by atoms with Crippen molar-refractivity contribution in [1.82, 2.24) is 15.2 Å². The molecule has 0 aliphatic heterocycles. The van der Waals surface area contributed by atoms with Gasteiger partial charge in [0.25, 0.3) is 0 Å². The number of hydrogen-bond acceptors (Lipinski definition) is 4. The summed E-state index contributed by atoms with van der Waals surface area (Å²) in [6, 6.07) is 9.41. The number of nitrogens with two attached hydrogens (primary N) is 2. The number of anilines is 1. The third kappa shape index (κ3) is 1.78. The second-order valence-electron chi connectivity index (χ2n) is 3.61. The number of nitrogens with zero attached hydrogens (tertiary/aromatic N) is 2. The van der Waals surface area contributed by atoms with Crippen molar-refractivity contribution >= 4 is 5.69 Å². The van der Waals surface area contributed by atoms with Crippen LogP contribution >= 0.6 is 0 Å². The van der Waals surface area contributed by atoms with E-state index in [1.54, 1.807) is 10.9 Å². The Labute approximate surface area is 94.0 Å². The average molecular weight is 217 g/mol. The smallest absolute Gasteiger partial charge is 0.0897 e. The summed E-state index contributed by atoms with van der Waals surface area (Å²) >= 11 is 0. The molecule has 0 aliphatic rings. The van der Waals surface area contributed by atoms with E-state index in [9.17, 15) is 0 Å². The molecule has 1 unspecified atom stereocenters. The Kier molecular flexibility index (Phi) is 2.89. The maximum Gasteiger partial charge on any atom is 0.0897 e. The van der Waals surface area contributed by atoms with E-state index in [1.807, 2.05) is 37.4 Å². The molecule has 0 radical (unpaired) electrons. The monoisotopic (exact) mass is 217 g/mol. The largest absolute Gasteiger partial charge is 0.398 e. The zero-order valence-corrected chi connectivity index (χ0v) is 9.09. The summed E-state index contributed by atoms with van der Waals surface area (Å²) in [6.45, 7) is 0. The fourth-order valence-electron chi connectivity index (χ4n) is 1.78. The van der Waals surface area contributed by atoms with E-state index in [1.165, 1.54) is 0 Å². The first kappa shape index (κ1) is 10.7. The lowest BCUT2D eigenvalue weighted by molar-refractivity contribution is 0.576. The zero-order chi connectivity index (χ0) is 11.5. The topological polar surface area (TPSA) is 81.9 Å². The third-order valence-corrected chi connectivity index (χ3v) is 2.63. The Morgan fingerprint density at radius 2 is 2.06 bits per heavy atom. The summed E-state index contributed by atoms with van der Waals surface area (Å²) < 4.78 is 1.77. The molecule has 0 bridgehead atoms. The first-order valence-corrected chi connectivity index (χ1v) is 5.02. The molecule has 1 heterocycles. The van der Waals surface area contributed by atoms with Gasteiger partial charge in [-0.2, -0.15) is 5.10 Å². The van der Waals surface area contributed by atoms with Crippen LogP contribution < -0.4 is 17.0 Å². The first-order valence-electron chi connectivity index (χ1n) is 5.02. The van der Waals surface area contributed by atoms with Crippen molar-refractivity contribution in [3.05, 3.63) is 47.8 Å². The Morgan fingerprint density at radius 1 is 1.31 bits per heavy atom. The molecular weight excluding hydrogens is 202 g/mol. The number of aromatic nitrogens is 2. The number of para-hydroxylation sites is 1. The fraction of sp³-hybridized carbons (Fsp3) is 0.182. The van der Waals surface area contributed by atoms with Crippen LogP contribution in [0.4, 0.5) is 5.69 Å². The second-order valence-corrected chi connectivity index (χ2v) is 3.61. The van der Waals surface area contributed by atoms with Crippen molar-refractivity contribution in [1.29, 1.82) is 0 Å². The number of nitrogens with one attached hydrogen (secondary N) is 1. The zero-order valence-electron chi connectivity index (χ0n) is 9.09. The first-order chi connectivity index (χ1) is 7.74.